The van der Waals surface area contributed by atoms with Gasteiger partial charge in [-0.3, -0.25) is 14.9 Å². The van der Waals surface area contributed by atoms with Crippen molar-refractivity contribution in [3.05, 3.63) is 71.2 Å². The second-order valence-electron chi connectivity index (χ2n) is 6.87. The first-order valence-electron chi connectivity index (χ1n) is 9.15. The Balaban J connectivity index is 1.47. The Hall–Kier alpha value is -3.41. The molecular formula is C21H19N5O. The fraction of sp³-hybridized carbons (Fsp3) is 0.190. The molecule has 3 heterocycles. The molecule has 1 aliphatic rings. The van der Waals surface area contributed by atoms with Gasteiger partial charge in [-0.05, 0) is 60.7 Å². The number of aromatic nitrogens is 4. The second-order valence-corrected chi connectivity index (χ2v) is 6.87. The van der Waals surface area contributed by atoms with E-state index in [2.05, 4.69) is 25.5 Å². The predicted molar refractivity (Wildman–Crippen MR) is 103 cm³/mol. The first kappa shape index (κ1) is 15.8. The normalized spacial score (nSPS) is 13.0. The minimum atomic E-state index is -0.0895. The number of nitrogens with one attached hydrogen (secondary N) is 3. The molecule has 3 aromatic heterocycles. The molecule has 0 saturated carbocycles. The fourth-order valence-electron chi connectivity index (χ4n) is 3.81. The summed E-state index contributed by atoms with van der Waals surface area (Å²) in [5, 5.41) is 11.4. The molecule has 27 heavy (non-hydrogen) atoms. The molecule has 0 spiro atoms. The van der Waals surface area contributed by atoms with Gasteiger partial charge in [-0.1, -0.05) is 6.07 Å². The average Bonchev–Trinajstić information content (AvgIpc) is 3.27. The van der Waals surface area contributed by atoms with Crippen LogP contribution in [0, 0.1) is 0 Å². The molecule has 0 atom stereocenters. The van der Waals surface area contributed by atoms with E-state index in [9.17, 15) is 4.79 Å². The minimum absolute atomic E-state index is 0.0895. The third-order valence-electron chi connectivity index (χ3n) is 5.17. The number of hydrogen-bond acceptors (Lipinski definition) is 3. The number of pyridine rings is 1. The Labute approximate surface area is 156 Å². The summed E-state index contributed by atoms with van der Waals surface area (Å²) >= 11 is 0. The SMILES string of the molecule is O=C(NCc1ccccn1)c1ccc2[nH]c3c(c2c1)CCCc1cn[nH]c1-3. The lowest BCUT2D eigenvalue weighted by Crippen LogP contribution is -2.23. The largest absolute Gasteiger partial charge is 0.353 e. The molecule has 6 nitrogen and oxygen atoms in total. The van der Waals surface area contributed by atoms with Crippen LogP contribution in [0.2, 0.25) is 0 Å². The van der Waals surface area contributed by atoms with Gasteiger partial charge < -0.3 is 10.3 Å². The lowest BCUT2D eigenvalue weighted by molar-refractivity contribution is 0.0950. The highest BCUT2D eigenvalue weighted by molar-refractivity contribution is 6.00. The minimum Gasteiger partial charge on any atom is -0.353 e. The number of H-pyrrole nitrogens is 2. The number of benzene rings is 1. The molecule has 0 fully saturated rings. The van der Waals surface area contributed by atoms with Crippen LogP contribution >= 0.6 is 0 Å². The number of aromatic amines is 2. The van der Waals surface area contributed by atoms with E-state index < -0.39 is 0 Å². The van der Waals surface area contributed by atoms with Crippen LogP contribution < -0.4 is 5.32 Å². The van der Waals surface area contributed by atoms with Gasteiger partial charge in [-0.15, -0.1) is 0 Å². The van der Waals surface area contributed by atoms with Crippen molar-refractivity contribution in [3.63, 3.8) is 0 Å². The van der Waals surface area contributed by atoms with Crippen LogP contribution in [0.4, 0.5) is 0 Å². The van der Waals surface area contributed by atoms with Gasteiger partial charge >= 0.3 is 0 Å². The monoisotopic (exact) mass is 357 g/mol. The van der Waals surface area contributed by atoms with Crippen molar-refractivity contribution in [2.24, 2.45) is 0 Å². The van der Waals surface area contributed by atoms with Gasteiger partial charge in [0.1, 0.15) is 0 Å². The second kappa shape index (κ2) is 6.39. The molecule has 5 rings (SSSR count). The zero-order valence-electron chi connectivity index (χ0n) is 14.7. The van der Waals surface area contributed by atoms with Crippen molar-refractivity contribution in [3.8, 4) is 11.4 Å². The van der Waals surface area contributed by atoms with Gasteiger partial charge in [0, 0.05) is 22.7 Å². The van der Waals surface area contributed by atoms with E-state index in [1.807, 2.05) is 42.6 Å². The number of amides is 1. The van der Waals surface area contributed by atoms with E-state index in [4.69, 9.17) is 0 Å². The molecule has 0 unspecified atom stereocenters. The van der Waals surface area contributed by atoms with Gasteiger partial charge in [-0.2, -0.15) is 5.10 Å². The Bertz CT molecular complexity index is 1130. The van der Waals surface area contributed by atoms with E-state index in [-0.39, 0.29) is 5.91 Å². The van der Waals surface area contributed by atoms with E-state index >= 15 is 0 Å². The Morgan fingerprint density at radius 1 is 1.15 bits per heavy atom. The maximum absolute atomic E-state index is 12.6. The van der Waals surface area contributed by atoms with Gasteiger partial charge in [-0.25, -0.2) is 0 Å². The average molecular weight is 357 g/mol. The fourth-order valence-corrected chi connectivity index (χ4v) is 3.81. The van der Waals surface area contributed by atoms with Crippen LogP contribution in [-0.2, 0) is 19.4 Å². The van der Waals surface area contributed by atoms with Gasteiger partial charge in [0.25, 0.3) is 5.91 Å². The highest BCUT2D eigenvalue weighted by Gasteiger charge is 2.21. The Morgan fingerprint density at radius 3 is 3.00 bits per heavy atom. The molecule has 134 valence electrons. The molecule has 0 aliphatic heterocycles. The third-order valence-corrected chi connectivity index (χ3v) is 5.17. The number of rotatable bonds is 3. The molecular weight excluding hydrogens is 338 g/mol. The number of hydrogen-bond donors (Lipinski definition) is 3. The Morgan fingerprint density at radius 2 is 2.11 bits per heavy atom. The van der Waals surface area contributed by atoms with Crippen molar-refractivity contribution < 1.29 is 4.79 Å². The highest BCUT2D eigenvalue weighted by atomic mass is 16.1. The summed E-state index contributed by atoms with van der Waals surface area (Å²) in [5.41, 5.74) is 7.22. The number of aryl methyl sites for hydroxylation is 2. The standard InChI is InChI=1S/C21H19N5O/c27-21(23-12-15-5-1-2-9-22-15)13-7-8-18-17(10-13)16-6-3-4-14-11-24-26-19(14)20(16)25-18/h1-2,5,7-11,25H,3-4,6,12H2,(H,23,27)(H,24,26). The van der Waals surface area contributed by atoms with Crippen molar-refractivity contribution >= 4 is 16.8 Å². The van der Waals surface area contributed by atoms with Crippen molar-refractivity contribution in [1.82, 2.24) is 25.5 Å². The number of carbonyl (C=O) groups is 1. The molecule has 1 amide bonds. The molecule has 4 aromatic rings. The van der Waals surface area contributed by atoms with Crippen LogP contribution in [0.1, 0.15) is 33.6 Å². The quantitative estimate of drug-likeness (QED) is 0.525. The first-order valence-corrected chi connectivity index (χ1v) is 9.15. The number of carbonyl (C=O) groups excluding carboxylic acids is 1. The first-order chi connectivity index (χ1) is 13.3. The van der Waals surface area contributed by atoms with Crippen LogP contribution in [0.15, 0.2) is 48.8 Å². The summed E-state index contributed by atoms with van der Waals surface area (Å²) in [6.07, 6.45) is 6.71. The summed E-state index contributed by atoms with van der Waals surface area (Å²) in [5.74, 6) is -0.0895. The topological polar surface area (TPSA) is 86.5 Å². The van der Waals surface area contributed by atoms with Crippen LogP contribution in [0.5, 0.6) is 0 Å². The predicted octanol–water partition coefficient (Wildman–Crippen LogP) is 3.37. The summed E-state index contributed by atoms with van der Waals surface area (Å²) in [4.78, 5) is 20.4. The number of nitrogens with zero attached hydrogens (tertiary/aromatic N) is 2. The van der Waals surface area contributed by atoms with Gasteiger partial charge in [0.15, 0.2) is 0 Å². The molecule has 0 bridgehead atoms. The van der Waals surface area contributed by atoms with Crippen molar-refractivity contribution in [1.29, 1.82) is 0 Å². The lowest BCUT2D eigenvalue weighted by atomic mass is 10.0. The molecule has 1 aliphatic carbocycles. The molecule has 1 aromatic carbocycles. The molecule has 6 heteroatoms. The number of fused-ring (bicyclic) bond motifs is 5. The zero-order chi connectivity index (χ0) is 18.2. The maximum atomic E-state index is 12.6. The molecule has 0 radical (unpaired) electrons. The maximum Gasteiger partial charge on any atom is 0.251 e. The van der Waals surface area contributed by atoms with E-state index in [0.717, 1.165) is 47.2 Å². The summed E-state index contributed by atoms with van der Waals surface area (Å²) in [6, 6.07) is 11.5. The zero-order valence-corrected chi connectivity index (χ0v) is 14.7. The molecule has 3 N–H and O–H groups in total. The summed E-state index contributed by atoms with van der Waals surface area (Å²) < 4.78 is 0. The van der Waals surface area contributed by atoms with E-state index in [1.165, 1.54) is 11.1 Å². The van der Waals surface area contributed by atoms with Gasteiger partial charge in [0.2, 0.25) is 0 Å². The Kier molecular flexibility index (Phi) is 3.74. The third kappa shape index (κ3) is 2.79. The summed E-state index contributed by atoms with van der Waals surface area (Å²) in [6.45, 7) is 0.417. The smallest absolute Gasteiger partial charge is 0.251 e. The van der Waals surface area contributed by atoms with E-state index in [1.54, 1.807) is 6.20 Å². The van der Waals surface area contributed by atoms with Crippen molar-refractivity contribution in [2.75, 3.05) is 0 Å². The highest BCUT2D eigenvalue weighted by Crippen LogP contribution is 2.35. The van der Waals surface area contributed by atoms with Crippen LogP contribution in [-0.4, -0.2) is 26.1 Å². The van der Waals surface area contributed by atoms with E-state index in [0.29, 0.717) is 12.1 Å². The summed E-state index contributed by atoms with van der Waals surface area (Å²) in [7, 11) is 0. The molecule has 0 saturated heterocycles. The van der Waals surface area contributed by atoms with Gasteiger partial charge in [0.05, 0.1) is 29.8 Å². The van der Waals surface area contributed by atoms with Crippen LogP contribution in [0.25, 0.3) is 22.3 Å². The van der Waals surface area contributed by atoms with Crippen molar-refractivity contribution in [2.45, 2.75) is 25.8 Å². The lowest BCUT2D eigenvalue weighted by Gasteiger charge is -2.06. The van der Waals surface area contributed by atoms with Crippen LogP contribution in [0.3, 0.4) is 0 Å².